The van der Waals surface area contributed by atoms with Gasteiger partial charge in [0.1, 0.15) is 5.75 Å². The van der Waals surface area contributed by atoms with E-state index in [1.54, 1.807) is 0 Å². The molecule has 2 aromatic rings. The summed E-state index contributed by atoms with van der Waals surface area (Å²) in [5.74, 6) is 0.621. The number of benzene rings is 2. The third-order valence-electron chi connectivity index (χ3n) is 3.82. The van der Waals surface area contributed by atoms with Crippen molar-refractivity contribution in [3.05, 3.63) is 53.6 Å². The lowest BCUT2D eigenvalue weighted by Crippen LogP contribution is -2.22. The van der Waals surface area contributed by atoms with Gasteiger partial charge < -0.3 is 15.4 Å². The average Bonchev–Trinajstić information content (AvgIpc) is 2.56. The third-order valence-corrected chi connectivity index (χ3v) is 3.82. The minimum Gasteiger partial charge on any atom is -0.491 e. The fraction of sp³-hybridized carbons (Fsp3) is 0.350. The van der Waals surface area contributed by atoms with E-state index in [0.717, 1.165) is 29.7 Å². The Balaban J connectivity index is 1.95. The highest BCUT2D eigenvalue weighted by Gasteiger charge is 2.09. The van der Waals surface area contributed by atoms with Crippen molar-refractivity contribution in [2.24, 2.45) is 0 Å². The van der Waals surface area contributed by atoms with E-state index in [2.05, 4.69) is 17.6 Å². The maximum Gasteiger partial charge on any atom is 0.243 e. The van der Waals surface area contributed by atoms with Gasteiger partial charge in [0.05, 0.1) is 18.8 Å². The highest BCUT2D eigenvalue weighted by atomic mass is 16.5. The van der Waals surface area contributed by atoms with Gasteiger partial charge in [-0.2, -0.15) is 0 Å². The second kappa shape index (κ2) is 8.96. The Hall–Kier alpha value is -2.49. The van der Waals surface area contributed by atoms with Crippen molar-refractivity contribution < 1.29 is 9.53 Å². The van der Waals surface area contributed by atoms with Crippen LogP contribution in [0.5, 0.6) is 5.75 Å². The molecule has 0 aliphatic carbocycles. The van der Waals surface area contributed by atoms with Crippen LogP contribution in [-0.4, -0.2) is 19.1 Å². The summed E-state index contributed by atoms with van der Waals surface area (Å²) in [4.78, 5) is 12.3. The smallest absolute Gasteiger partial charge is 0.243 e. The first-order chi connectivity index (χ1) is 11.6. The van der Waals surface area contributed by atoms with E-state index >= 15 is 0 Å². The minimum atomic E-state index is -0.0933. The van der Waals surface area contributed by atoms with Gasteiger partial charge in [0, 0.05) is 5.69 Å². The fourth-order valence-corrected chi connectivity index (χ4v) is 2.48. The molecule has 0 aromatic heterocycles. The normalized spacial score (nSPS) is 10.3. The average molecular weight is 326 g/mol. The van der Waals surface area contributed by atoms with Crippen molar-refractivity contribution in [2.45, 2.75) is 33.6 Å². The van der Waals surface area contributed by atoms with E-state index in [0.29, 0.717) is 18.0 Å². The number of para-hydroxylation sites is 3. The van der Waals surface area contributed by atoms with Crippen LogP contribution >= 0.6 is 0 Å². The zero-order chi connectivity index (χ0) is 17.4. The standard InChI is InChI=1S/C20H26N2O2/c1-4-5-13-24-18-12-7-6-11-17(18)22-19(23)14-21-20-15(2)9-8-10-16(20)3/h6-12,21H,4-5,13-14H2,1-3H3,(H,22,23). The molecule has 0 radical (unpaired) electrons. The van der Waals surface area contributed by atoms with Crippen molar-refractivity contribution in [1.82, 2.24) is 0 Å². The van der Waals surface area contributed by atoms with Crippen molar-refractivity contribution >= 4 is 17.3 Å². The molecule has 0 unspecified atom stereocenters. The lowest BCUT2D eigenvalue weighted by atomic mass is 10.1. The van der Waals surface area contributed by atoms with Crippen LogP contribution in [0.4, 0.5) is 11.4 Å². The topological polar surface area (TPSA) is 50.4 Å². The Morgan fingerprint density at radius 3 is 2.46 bits per heavy atom. The van der Waals surface area contributed by atoms with Crippen LogP contribution < -0.4 is 15.4 Å². The zero-order valence-corrected chi connectivity index (χ0v) is 14.7. The molecule has 0 fully saturated rings. The fourth-order valence-electron chi connectivity index (χ4n) is 2.48. The Bertz CT molecular complexity index is 663. The van der Waals surface area contributed by atoms with Crippen LogP contribution in [0.3, 0.4) is 0 Å². The SMILES string of the molecule is CCCCOc1ccccc1NC(=O)CNc1c(C)cccc1C. The largest absolute Gasteiger partial charge is 0.491 e. The van der Waals surface area contributed by atoms with Crippen LogP contribution in [0.2, 0.25) is 0 Å². The zero-order valence-electron chi connectivity index (χ0n) is 14.7. The molecular weight excluding hydrogens is 300 g/mol. The van der Waals surface area contributed by atoms with E-state index in [4.69, 9.17) is 4.74 Å². The summed E-state index contributed by atoms with van der Waals surface area (Å²) in [6, 6.07) is 13.6. The monoisotopic (exact) mass is 326 g/mol. The van der Waals surface area contributed by atoms with Gasteiger partial charge in [0.25, 0.3) is 0 Å². The Morgan fingerprint density at radius 2 is 1.75 bits per heavy atom. The predicted molar refractivity (Wildman–Crippen MR) is 99.9 cm³/mol. The van der Waals surface area contributed by atoms with Gasteiger partial charge in [-0.25, -0.2) is 0 Å². The Kier molecular flexibility index (Phi) is 6.67. The number of rotatable bonds is 8. The summed E-state index contributed by atoms with van der Waals surface area (Å²) in [6.07, 6.45) is 2.07. The van der Waals surface area contributed by atoms with E-state index < -0.39 is 0 Å². The number of amides is 1. The number of hydrogen-bond donors (Lipinski definition) is 2. The highest BCUT2D eigenvalue weighted by molar-refractivity contribution is 5.95. The number of unbranched alkanes of at least 4 members (excludes halogenated alkanes) is 1. The van der Waals surface area contributed by atoms with Crippen molar-refractivity contribution in [3.8, 4) is 5.75 Å². The molecule has 0 bridgehead atoms. The van der Waals surface area contributed by atoms with E-state index in [1.165, 1.54) is 0 Å². The maximum absolute atomic E-state index is 12.3. The van der Waals surface area contributed by atoms with Crippen LogP contribution in [0.15, 0.2) is 42.5 Å². The summed E-state index contributed by atoms with van der Waals surface area (Å²) in [5, 5.41) is 6.14. The first kappa shape index (κ1) is 17.9. The number of carbonyl (C=O) groups is 1. The molecule has 4 nitrogen and oxygen atoms in total. The number of anilines is 2. The van der Waals surface area contributed by atoms with Crippen LogP contribution in [-0.2, 0) is 4.79 Å². The van der Waals surface area contributed by atoms with Crippen LogP contribution in [0.25, 0.3) is 0 Å². The molecular formula is C20H26N2O2. The lowest BCUT2D eigenvalue weighted by Gasteiger charge is -2.14. The molecule has 1 amide bonds. The summed E-state index contributed by atoms with van der Waals surface area (Å²) in [6.45, 7) is 7.06. The molecule has 0 spiro atoms. The van der Waals surface area contributed by atoms with Crippen LogP contribution in [0.1, 0.15) is 30.9 Å². The first-order valence-electron chi connectivity index (χ1n) is 8.43. The van der Waals surface area contributed by atoms with Gasteiger partial charge in [-0.3, -0.25) is 4.79 Å². The summed E-state index contributed by atoms with van der Waals surface area (Å²) in [5.41, 5.74) is 3.99. The molecule has 128 valence electrons. The molecule has 0 atom stereocenters. The number of ether oxygens (including phenoxy) is 1. The van der Waals surface area contributed by atoms with Gasteiger partial charge in [0.15, 0.2) is 0 Å². The summed E-state index contributed by atoms with van der Waals surface area (Å²) in [7, 11) is 0. The lowest BCUT2D eigenvalue weighted by molar-refractivity contribution is -0.114. The van der Waals surface area contributed by atoms with Gasteiger partial charge in [0.2, 0.25) is 5.91 Å². The maximum atomic E-state index is 12.3. The van der Waals surface area contributed by atoms with Gasteiger partial charge in [-0.15, -0.1) is 0 Å². The molecule has 4 heteroatoms. The van der Waals surface area contributed by atoms with Crippen molar-refractivity contribution in [3.63, 3.8) is 0 Å². The second-order valence-electron chi connectivity index (χ2n) is 5.87. The number of carbonyl (C=O) groups excluding carboxylic acids is 1. The predicted octanol–water partition coefficient (Wildman–Crippen LogP) is 4.53. The van der Waals surface area contributed by atoms with E-state index in [9.17, 15) is 4.79 Å². The second-order valence-corrected chi connectivity index (χ2v) is 5.87. The van der Waals surface area contributed by atoms with E-state index in [-0.39, 0.29) is 12.5 Å². The third kappa shape index (κ3) is 5.01. The minimum absolute atomic E-state index is 0.0933. The number of nitrogens with one attached hydrogen (secondary N) is 2. The number of hydrogen-bond acceptors (Lipinski definition) is 3. The molecule has 2 N–H and O–H groups in total. The molecule has 0 saturated heterocycles. The van der Waals surface area contributed by atoms with Gasteiger partial charge in [-0.05, 0) is 43.5 Å². The van der Waals surface area contributed by atoms with Gasteiger partial charge in [-0.1, -0.05) is 43.7 Å². The van der Waals surface area contributed by atoms with Crippen LogP contribution in [0, 0.1) is 13.8 Å². The molecule has 2 rings (SSSR count). The molecule has 24 heavy (non-hydrogen) atoms. The molecule has 0 heterocycles. The Morgan fingerprint density at radius 1 is 1.04 bits per heavy atom. The highest BCUT2D eigenvalue weighted by Crippen LogP contribution is 2.24. The molecule has 2 aromatic carbocycles. The Labute approximate surface area is 144 Å². The van der Waals surface area contributed by atoms with Crippen molar-refractivity contribution in [1.29, 1.82) is 0 Å². The molecule has 0 aliphatic heterocycles. The first-order valence-corrected chi connectivity index (χ1v) is 8.43. The van der Waals surface area contributed by atoms with Gasteiger partial charge >= 0.3 is 0 Å². The van der Waals surface area contributed by atoms with E-state index in [1.807, 2.05) is 56.3 Å². The molecule has 0 saturated carbocycles. The molecule has 0 aliphatic rings. The number of aryl methyl sites for hydroxylation is 2. The summed E-state index contributed by atoms with van der Waals surface area (Å²) < 4.78 is 5.74. The summed E-state index contributed by atoms with van der Waals surface area (Å²) >= 11 is 0. The quantitative estimate of drug-likeness (QED) is 0.701. The van der Waals surface area contributed by atoms with Crippen molar-refractivity contribution in [2.75, 3.05) is 23.8 Å².